The first-order chi connectivity index (χ1) is 14.5. The van der Waals surface area contributed by atoms with Gasteiger partial charge >= 0.3 is 0 Å². The summed E-state index contributed by atoms with van der Waals surface area (Å²) in [4.78, 5) is 34.7. The van der Waals surface area contributed by atoms with Gasteiger partial charge < -0.3 is 19.7 Å². The van der Waals surface area contributed by atoms with Crippen LogP contribution in [0.2, 0.25) is 0 Å². The summed E-state index contributed by atoms with van der Waals surface area (Å²) in [6, 6.07) is 7.52. The first-order valence-corrected chi connectivity index (χ1v) is 10.1. The molecule has 2 aromatic rings. The van der Waals surface area contributed by atoms with Gasteiger partial charge in [-0.1, -0.05) is 6.07 Å². The van der Waals surface area contributed by atoms with Crippen molar-refractivity contribution >= 4 is 23.1 Å². The number of ketones is 2. The van der Waals surface area contributed by atoms with Crippen molar-refractivity contribution in [3.8, 4) is 5.75 Å². The van der Waals surface area contributed by atoms with Crippen LogP contribution in [0.25, 0.3) is 0 Å². The fraction of sp³-hybridized carbons (Fsp3) is 0.304. The van der Waals surface area contributed by atoms with Crippen LogP contribution in [-0.4, -0.2) is 47.0 Å². The molecular formula is C23H24N4O3. The van der Waals surface area contributed by atoms with Gasteiger partial charge in [0.2, 0.25) is 0 Å². The topological polar surface area (TPSA) is 83.9 Å². The highest BCUT2D eigenvalue weighted by Crippen LogP contribution is 2.39. The second-order valence-corrected chi connectivity index (χ2v) is 7.41. The second kappa shape index (κ2) is 8.49. The number of aryl methyl sites for hydroxylation is 1. The van der Waals surface area contributed by atoms with Crippen LogP contribution in [0.15, 0.2) is 53.5 Å². The van der Waals surface area contributed by atoms with Crippen molar-refractivity contribution < 1.29 is 14.3 Å². The summed E-state index contributed by atoms with van der Waals surface area (Å²) in [6.45, 7) is 5.38. The van der Waals surface area contributed by atoms with E-state index in [9.17, 15) is 9.59 Å². The number of aliphatic imine (C=N–C) groups is 1. The summed E-state index contributed by atoms with van der Waals surface area (Å²) in [5, 5.41) is 3.40. The number of nitrogens with zero attached hydrogens (tertiary/aromatic N) is 3. The van der Waals surface area contributed by atoms with Crippen LogP contribution in [0.1, 0.15) is 41.3 Å². The number of hydrogen-bond donors (Lipinski definition) is 1. The number of aromatic nitrogens is 1. The minimum atomic E-state index is -0.128. The third kappa shape index (κ3) is 3.96. The molecule has 154 valence electrons. The molecule has 0 amide bonds. The molecule has 0 bridgehead atoms. The van der Waals surface area contributed by atoms with E-state index < -0.39 is 0 Å². The van der Waals surface area contributed by atoms with Crippen molar-refractivity contribution in [2.75, 3.05) is 25.0 Å². The summed E-state index contributed by atoms with van der Waals surface area (Å²) in [7, 11) is 0. The molecular weight excluding hydrogens is 380 g/mol. The van der Waals surface area contributed by atoms with Gasteiger partial charge in [0.25, 0.3) is 0 Å². The van der Waals surface area contributed by atoms with Crippen LogP contribution in [0, 0.1) is 6.92 Å². The Labute approximate surface area is 175 Å². The Hall–Kier alpha value is -3.48. The summed E-state index contributed by atoms with van der Waals surface area (Å²) < 4.78 is 6.06. The normalized spacial score (nSPS) is 15.9. The minimum Gasteiger partial charge on any atom is -0.491 e. The molecule has 3 heterocycles. The summed E-state index contributed by atoms with van der Waals surface area (Å²) >= 11 is 0. The van der Waals surface area contributed by atoms with Gasteiger partial charge in [-0.2, -0.15) is 0 Å². The maximum Gasteiger partial charge on any atom is 0.191 e. The number of fused-ring (bicyclic) bond motifs is 3. The van der Waals surface area contributed by atoms with Crippen LogP contribution in [0.4, 0.5) is 5.69 Å². The lowest BCUT2D eigenvalue weighted by molar-refractivity contribution is -0.117. The Bertz CT molecular complexity index is 1040. The number of allylic oxidation sites excluding steroid dienone is 1. The van der Waals surface area contributed by atoms with Crippen molar-refractivity contribution in [2.45, 2.75) is 26.7 Å². The fourth-order valence-corrected chi connectivity index (χ4v) is 3.62. The number of benzene rings is 1. The largest absolute Gasteiger partial charge is 0.491 e. The molecule has 1 aromatic carbocycles. The Morgan fingerprint density at radius 3 is 2.93 bits per heavy atom. The number of amidine groups is 1. The Morgan fingerprint density at radius 2 is 2.17 bits per heavy atom. The number of anilines is 1. The van der Waals surface area contributed by atoms with E-state index in [4.69, 9.17) is 4.74 Å². The van der Waals surface area contributed by atoms with Crippen molar-refractivity contribution in [1.82, 2.24) is 9.88 Å². The fourth-order valence-electron chi connectivity index (χ4n) is 3.62. The number of ether oxygens (including phenoxy) is 1. The Balaban J connectivity index is 1.66. The average molecular weight is 404 g/mol. The number of pyridine rings is 1. The molecule has 0 saturated carbocycles. The molecule has 0 saturated heterocycles. The zero-order valence-corrected chi connectivity index (χ0v) is 17.1. The van der Waals surface area contributed by atoms with E-state index in [-0.39, 0.29) is 11.6 Å². The Kier molecular flexibility index (Phi) is 5.61. The van der Waals surface area contributed by atoms with Crippen molar-refractivity contribution in [3.63, 3.8) is 0 Å². The monoisotopic (exact) mass is 404 g/mol. The molecule has 0 fully saturated rings. The predicted octanol–water partition coefficient (Wildman–Crippen LogP) is 3.35. The highest BCUT2D eigenvalue weighted by atomic mass is 16.5. The highest BCUT2D eigenvalue weighted by molar-refractivity contribution is 6.11. The number of Topliss-reactive ketones (excluding diaryl/α,β-unsaturated/α-hetero) is 1. The molecule has 0 unspecified atom stereocenters. The molecule has 30 heavy (non-hydrogen) atoms. The first-order valence-electron chi connectivity index (χ1n) is 10.1. The van der Waals surface area contributed by atoms with E-state index in [1.54, 1.807) is 37.5 Å². The van der Waals surface area contributed by atoms with Crippen molar-refractivity contribution in [2.24, 2.45) is 4.99 Å². The van der Waals surface area contributed by atoms with Gasteiger partial charge in [0, 0.05) is 42.6 Å². The van der Waals surface area contributed by atoms with Gasteiger partial charge in [0.1, 0.15) is 23.2 Å². The number of carbonyl (C=O) groups excluding carboxylic acids is 2. The van der Waals surface area contributed by atoms with E-state index in [0.29, 0.717) is 43.9 Å². The number of carbonyl (C=O) groups is 2. The summed E-state index contributed by atoms with van der Waals surface area (Å²) in [5.74, 6) is 2.26. The van der Waals surface area contributed by atoms with E-state index in [1.165, 1.54) is 0 Å². The molecule has 0 atom stereocenters. The van der Waals surface area contributed by atoms with E-state index in [2.05, 4.69) is 15.3 Å². The smallest absolute Gasteiger partial charge is 0.191 e. The van der Waals surface area contributed by atoms with Gasteiger partial charge in [0.05, 0.1) is 18.8 Å². The molecule has 0 spiro atoms. The molecule has 0 aliphatic carbocycles. The molecule has 2 aliphatic heterocycles. The van der Waals surface area contributed by atoms with E-state index >= 15 is 0 Å². The standard InChI is InChI=1S/C23H24N4O3/c1-15-7-8-18-21(22(15)30-12-4-5-16(2)28)26-20(27-11-10-25-23(18)27)13-19(29)17-6-3-9-24-14-17/h3,6-9,13-14,26H,4-5,10-12H2,1-2H3. The van der Waals surface area contributed by atoms with Gasteiger partial charge in [-0.3, -0.25) is 14.8 Å². The van der Waals surface area contributed by atoms with Crippen molar-refractivity contribution in [1.29, 1.82) is 0 Å². The third-order valence-electron chi connectivity index (χ3n) is 5.11. The van der Waals surface area contributed by atoms with E-state index in [0.717, 1.165) is 28.4 Å². The van der Waals surface area contributed by atoms with Crippen LogP contribution in [0.5, 0.6) is 5.75 Å². The summed E-state index contributed by atoms with van der Waals surface area (Å²) in [6.07, 6.45) is 5.94. The predicted molar refractivity (Wildman–Crippen MR) is 115 cm³/mol. The molecule has 1 aromatic heterocycles. The molecule has 0 radical (unpaired) electrons. The van der Waals surface area contributed by atoms with Gasteiger partial charge in [-0.15, -0.1) is 0 Å². The minimum absolute atomic E-state index is 0.128. The molecule has 2 aliphatic rings. The number of nitrogens with one attached hydrogen (secondary N) is 1. The van der Waals surface area contributed by atoms with Gasteiger partial charge in [-0.05, 0) is 44.0 Å². The molecule has 7 heteroatoms. The quantitative estimate of drug-likeness (QED) is 0.433. The summed E-state index contributed by atoms with van der Waals surface area (Å²) in [5.41, 5.74) is 3.26. The van der Waals surface area contributed by atoms with Gasteiger partial charge in [0.15, 0.2) is 5.78 Å². The molecule has 7 nitrogen and oxygen atoms in total. The Morgan fingerprint density at radius 1 is 1.30 bits per heavy atom. The molecule has 1 N–H and O–H groups in total. The third-order valence-corrected chi connectivity index (χ3v) is 5.11. The molecule has 4 rings (SSSR count). The zero-order valence-electron chi connectivity index (χ0n) is 17.1. The zero-order chi connectivity index (χ0) is 21.1. The highest BCUT2D eigenvalue weighted by Gasteiger charge is 2.32. The maximum absolute atomic E-state index is 12.8. The van der Waals surface area contributed by atoms with Crippen LogP contribution in [0.3, 0.4) is 0 Å². The SMILES string of the molecule is CC(=O)CCCOc1c(C)ccc2c1NC(=CC(=O)c1cccnc1)N1CCN=C21. The average Bonchev–Trinajstić information content (AvgIpc) is 3.23. The van der Waals surface area contributed by atoms with Crippen LogP contribution < -0.4 is 10.1 Å². The van der Waals surface area contributed by atoms with E-state index in [1.807, 2.05) is 24.0 Å². The number of rotatable bonds is 7. The number of hydrogen-bond acceptors (Lipinski definition) is 7. The first kappa shape index (κ1) is 19.8. The van der Waals surface area contributed by atoms with Crippen LogP contribution >= 0.6 is 0 Å². The van der Waals surface area contributed by atoms with Gasteiger partial charge in [-0.25, -0.2) is 0 Å². The lowest BCUT2D eigenvalue weighted by Gasteiger charge is -2.32. The maximum atomic E-state index is 12.8. The van der Waals surface area contributed by atoms with Crippen molar-refractivity contribution in [3.05, 3.63) is 65.2 Å². The lowest BCUT2D eigenvalue weighted by Crippen LogP contribution is -2.36. The second-order valence-electron chi connectivity index (χ2n) is 7.41. The van der Waals surface area contributed by atoms with Crippen LogP contribution in [-0.2, 0) is 4.79 Å². The lowest BCUT2D eigenvalue weighted by atomic mass is 10.0.